The second-order valence-electron chi connectivity index (χ2n) is 6.44. The molecule has 134 valence electrons. The van der Waals surface area contributed by atoms with E-state index in [0.717, 1.165) is 18.5 Å². The number of nitrogens with zero attached hydrogens (tertiary/aromatic N) is 3. The monoisotopic (exact) mass is 348 g/mol. The lowest BCUT2D eigenvalue weighted by atomic mass is 9.88. The molecule has 0 saturated carbocycles. The third-order valence-corrected chi connectivity index (χ3v) is 4.42. The summed E-state index contributed by atoms with van der Waals surface area (Å²) in [4.78, 5) is 16.4. The molecule has 0 aliphatic rings. The summed E-state index contributed by atoms with van der Waals surface area (Å²) < 4.78 is 1.77. The number of carbonyl (C=O) groups excluding carboxylic acids is 1. The Morgan fingerprint density at radius 3 is 2.50 bits per heavy atom. The molecular formula is C21H24N4O. The van der Waals surface area contributed by atoms with Gasteiger partial charge in [-0.2, -0.15) is 5.10 Å². The van der Waals surface area contributed by atoms with Crippen LogP contribution in [-0.2, 0) is 11.3 Å². The highest BCUT2D eigenvalue weighted by Crippen LogP contribution is 2.28. The molecule has 0 radical (unpaired) electrons. The van der Waals surface area contributed by atoms with E-state index in [1.54, 1.807) is 11.0 Å². The van der Waals surface area contributed by atoms with E-state index in [2.05, 4.69) is 58.7 Å². The molecule has 5 heteroatoms. The Morgan fingerprint density at radius 2 is 1.81 bits per heavy atom. The Kier molecular flexibility index (Phi) is 6.14. The van der Waals surface area contributed by atoms with Crippen LogP contribution in [0.1, 0.15) is 35.4 Å². The van der Waals surface area contributed by atoms with Crippen molar-refractivity contribution in [3.63, 3.8) is 0 Å². The second kappa shape index (κ2) is 8.94. The molecule has 0 bridgehead atoms. The maximum Gasteiger partial charge on any atom is 0.220 e. The smallest absolute Gasteiger partial charge is 0.220 e. The van der Waals surface area contributed by atoms with Crippen LogP contribution in [0.15, 0.2) is 67.3 Å². The predicted molar refractivity (Wildman–Crippen MR) is 102 cm³/mol. The zero-order valence-corrected chi connectivity index (χ0v) is 15.0. The van der Waals surface area contributed by atoms with Crippen LogP contribution >= 0.6 is 0 Å². The molecule has 1 N–H and O–H groups in total. The van der Waals surface area contributed by atoms with Gasteiger partial charge in [0.2, 0.25) is 5.91 Å². The van der Waals surface area contributed by atoms with Crippen LogP contribution in [0, 0.1) is 6.92 Å². The van der Waals surface area contributed by atoms with Gasteiger partial charge < -0.3 is 5.32 Å². The fourth-order valence-corrected chi connectivity index (χ4v) is 2.99. The number of aryl methyl sites for hydroxylation is 2. The molecule has 3 aromatic rings. The number of carbonyl (C=O) groups is 1. The molecule has 0 spiro atoms. The van der Waals surface area contributed by atoms with E-state index < -0.39 is 0 Å². The first-order valence-electron chi connectivity index (χ1n) is 8.93. The lowest BCUT2D eigenvalue weighted by Gasteiger charge is -2.18. The van der Waals surface area contributed by atoms with Crippen molar-refractivity contribution in [3.05, 3.63) is 83.9 Å². The molecule has 1 atom stereocenters. The molecule has 2 aromatic carbocycles. The average Bonchev–Trinajstić information content (AvgIpc) is 3.18. The summed E-state index contributed by atoms with van der Waals surface area (Å²) in [5.41, 5.74) is 3.55. The second-order valence-corrected chi connectivity index (χ2v) is 6.44. The van der Waals surface area contributed by atoms with Gasteiger partial charge in [-0.3, -0.25) is 9.48 Å². The van der Waals surface area contributed by atoms with Crippen LogP contribution < -0.4 is 5.32 Å². The van der Waals surface area contributed by atoms with Crippen LogP contribution in [-0.4, -0.2) is 27.2 Å². The summed E-state index contributed by atoms with van der Waals surface area (Å²) in [5, 5.41) is 7.09. The zero-order valence-electron chi connectivity index (χ0n) is 15.0. The van der Waals surface area contributed by atoms with Gasteiger partial charge in [-0.1, -0.05) is 60.2 Å². The highest BCUT2D eigenvalue weighted by atomic mass is 16.1. The molecule has 1 amide bonds. The molecule has 0 unspecified atom stereocenters. The first-order chi connectivity index (χ1) is 12.7. The van der Waals surface area contributed by atoms with Crippen molar-refractivity contribution in [1.29, 1.82) is 0 Å². The van der Waals surface area contributed by atoms with Crippen LogP contribution in [0.5, 0.6) is 0 Å². The van der Waals surface area contributed by atoms with Gasteiger partial charge >= 0.3 is 0 Å². The molecule has 0 saturated heterocycles. The van der Waals surface area contributed by atoms with Crippen molar-refractivity contribution >= 4 is 5.91 Å². The number of amides is 1. The van der Waals surface area contributed by atoms with Gasteiger partial charge in [0, 0.05) is 25.4 Å². The first-order valence-corrected chi connectivity index (χ1v) is 8.93. The summed E-state index contributed by atoms with van der Waals surface area (Å²) in [7, 11) is 0. The fourth-order valence-electron chi connectivity index (χ4n) is 2.99. The zero-order chi connectivity index (χ0) is 18.2. The van der Waals surface area contributed by atoms with Crippen molar-refractivity contribution in [2.24, 2.45) is 0 Å². The summed E-state index contributed by atoms with van der Waals surface area (Å²) in [5.74, 6) is 0.130. The predicted octanol–water partition coefficient (Wildman–Crippen LogP) is 3.32. The molecular weight excluding hydrogens is 324 g/mol. The average molecular weight is 348 g/mol. The van der Waals surface area contributed by atoms with E-state index in [0.29, 0.717) is 13.0 Å². The highest BCUT2D eigenvalue weighted by Gasteiger charge is 2.17. The van der Waals surface area contributed by atoms with E-state index in [9.17, 15) is 4.79 Å². The van der Waals surface area contributed by atoms with E-state index in [4.69, 9.17) is 0 Å². The molecule has 0 fully saturated rings. The van der Waals surface area contributed by atoms with Crippen molar-refractivity contribution in [3.8, 4) is 0 Å². The lowest BCUT2D eigenvalue weighted by Crippen LogP contribution is -2.27. The molecule has 26 heavy (non-hydrogen) atoms. The summed E-state index contributed by atoms with van der Waals surface area (Å²) in [6, 6.07) is 18.6. The van der Waals surface area contributed by atoms with E-state index in [1.165, 1.54) is 17.5 Å². The number of hydrogen-bond donors (Lipinski definition) is 1. The number of nitrogens with one attached hydrogen (secondary N) is 1. The van der Waals surface area contributed by atoms with E-state index in [-0.39, 0.29) is 11.8 Å². The van der Waals surface area contributed by atoms with Gasteiger partial charge in [-0.05, 0) is 24.5 Å². The summed E-state index contributed by atoms with van der Waals surface area (Å²) >= 11 is 0. The number of rotatable bonds is 8. The number of benzene rings is 2. The normalized spacial score (nSPS) is 11.9. The van der Waals surface area contributed by atoms with Crippen LogP contribution in [0.3, 0.4) is 0 Å². The van der Waals surface area contributed by atoms with Crippen LogP contribution in [0.25, 0.3) is 0 Å². The maximum atomic E-state index is 12.5. The highest BCUT2D eigenvalue weighted by molar-refractivity contribution is 5.77. The van der Waals surface area contributed by atoms with Crippen LogP contribution in [0.2, 0.25) is 0 Å². The molecule has 1 heterocycles. The van der Waals surface area contributed by atoms with Crippen molar-refractivity contribution in [1.82, 2.24) is 20.1 Å². The van der Waals surface area contributed by atoms with Gasteiger partial charge in [0.25, 0.3) is 0 Å². The van der Waals surface area contributed by atoms with Gasteiger partial charge in [0.05, 0.1) is 0 Å². The molecule has 0 aliphatic heterocycles. The van der Waals surface area contributed by atoms with Crippen molar-refractivity contribution in [2.45, 2.75) is 32.2 Å². The van der Waals surface area contributed by atoms with Crippen LogP contribution in [0.4, 0.5) is 0 Å². The molecule has 5 nitrogen and oxygen atoms in total. The quantitative estimate of drug-likeness (QED) is 0.635. The molecule has 0 aliphatic carbocycles. The van der Waals surface area contributed by atoms with E-state index >= 15 is 0 Å². The first kappa shape index (κ1) is 17.9. The number of hydrogen-bond acceptors (Lipinski definition) is 3. The largest absolute Gasteiger partial charge is 0.356 e. The Labute approximate surface area is 154 Å². The van der Waals surface area contributed by atoms with Crippen molar-refractivity contribution in [2.75, 3.05) is 6.54 Å². The third-order valence-electron chi connectivity index (χ3n) is 4.42. The maximum absolute atomic E-state index is 12.5. The third kappa shape index (κ3) is 5.02. The molecule has 1 aromatic heterocycles. The Bertz CT molecular complexity index is 798. The summed E-state index contributed by atoms with van der Waals surface area (Å²) in [6.45, 7) is 3.46. The van der Waals surface area contributed by atoms with Crippen molar-refractivity contribution < 1.29 is 4.79 Å². The minimum Gasteiger partial charge on any atom is -0.356 e. The number of aromatic nitrogens is 3. The molecule has 3 rings (SSSR count). The van der Waals surface area contributed by atoms with Gasteiger partial charge in [0.1, 0.15) is 12.7 Å². The fraction of sp³-hybridized carbons (Fsp3) is 0.286. The SMILES string of the molecule is Cc1ccc([C@H](CC(=O)NCCCn2cncn2)c2ccccc2)cc1. The minimum absolute atomic E-state index is 0.0621. The minimum atomic E-state index is 0.0621. The Morgan fingerprint density at radius 1 is 1.08 bits per heavy atom. The summed E-state index contributed by atoms with van der Waals surface area (Å²) in [6.07, 6.45) is 4.47. The van der Waals surface area contributed by atoms with Gasteiger partial charge in [-0.25, -0.2) is 4.98 Å². The Balaban J connectivity index is 1.60. The van der Waals surface area contributed by atoms with Gasteiger partial charge in [-0.15, -0.1) is 0 Å². The van der Waals surface area contributed by atoms with Gasteiger partial charge in [0.15, 0.2) is 0 Å². The topological polar surface area (TPSA) is 59.8 Å². The Hall–Kier alpha value is -2.95. The van der Waals surface area contributed by atoms with E-state index in [1.807, 2.05) is 18.2 Å². The lowest BCUT2D eigenvalue weighted by molar-refractivity contribution is -0.121. The standard InChI is InChI=1S/C21H24N4O/c1-17-8-10-19(11-9-17)20(18-6-3-2-4-7-18)14-21(26)23-12-5-13-25-16-22-15-24-25/h2-4,6-11,15-16,20H,5,12-14H2,1H3,(H,23,26)/t20-/m1/s1.